The van der Waals surface area contributed by atoms with E-state index in [1.807, 2.05) is 0 Å². The summed E-state index contributed by atoms with van der Waals surface area (Å²) in [5, 5.41) is 0. The van der Waals surface area contributed by atoms with E-state index in [-0.39, 0.29) is 42.1 Å². The van der Waals surface area contributed by atoms with E-state index in [0.717, 1.165) is 12.1 Å². The predicted octanol–water partition coefficient (Wildman–Crippen LogP) is 4.63. The number of aromatic nitrogens is 2. The minimum atomic E-state index is -4.74. The van der Waals surface area contributed by atoms with Crippen LogP contribution in [0.2, 0.25) is 0 Å². The molecule has 5 nitrogen and oxygen atoms in total. The molecule has 11 heteroatoms. The largest absolute Gasteiger partial charge is 0.460 e. The molecule has 0 aliphatic carbocycles. The van der Waals surface area contributed by atoms with Crippen molar-refractivity contribution in [3.63, 3.8) is 0 Å². The first kappa shape index (κ1) is 21.2. The van der Waals surface area contributed by atoms with Crippen LogP contribution < -0.4 is 5.56 Å². The van der Waals surface area contributed by atoms with Crippen LogP contribution in [0, 0.1) is 0 Å². The lowest BCUT2D eigenvalue weighted by molar-refractivity contribution is -0.145. The Kier molecular flexibility index (Phi) is 5.16. The molecule has 0 spiro atoms. The Hall–Kier alpha value is -3.08. The Bertz CT molecular complexity index is 1160. The molecule has 0 amide bonds. The summed E-state index contributed by atoms with van der Waals surface area (Å²) in [7, 11) is 0. The highest BCUT2D eigenvalue weighted by atomic mass is 19.4. The van der Waals surface area contributed by atoms with Crippen molar-refractivity contribution in [3.05, 3.63) is 75.2 Å². The van der Waals surface area contributed by atoms with Crippen LogP contribution in [-0.4, -0.2) is 21.4 Å². The summed E-state index contributed by atoms with van der Waals surface area (Å²) < 4.78 is 82.8. The van der Waals surface area contributed by atoms with Gasteiger partial charge in [-0.2, -0.15) is 26.3 Å². The SMILES string of the molecule is O=c1[nH]c(C(F)(F)F)nc2c1CN(Cc1ccc(-c3cccc(C(F)(F)F)c3)o1)CC2. The van der Waals surface area contributed by atoms with Crippen LogP contribution in [0.5, 0.6) is 0 Å². The Morgan fingerprint density at radius 3 is 2.55 bits per heavy atom. The average molecular weight is 443 g/mol. The molecule has 4 rings (SSSR count). The minimum absolute atomic E-state index is 0.0788. The number of hydrogen-bond donors (Lipinski definition) is 1. The van der Waals surface area contributed by atoms with Crippen molar-refractivity contribution in [1.82, 2.24) is 14.9 Å². The molecular weight excluding hydrogens is 428 g/mol. The Labute approximate surface area is 171 Å². The number of halogens is 6. The van der Waals surface area contributed by atoms with Gasteiger partial charge in [-0.1, -0.05) is 12.1 Å². The molecule has 0 unspecified atom stereocenters. The summed E-state index contributed by atoms with van der Waals surface area (Å²) in [6.45, 7) is 0.661. The number of alkyl halides is 6. The van der Waals surface area contributed by atoms with E-state index in [1.54, 1.807) is 22.0 Å². The van der Waals surface area contributed by atoms with Crippen molar-refractivity contribution in [1.29, 1.82) is 0 Å². The molecule has 1 aliphatic heterocycles. The third kappa shape index (κ3) is 4.50. The second kappa shape index (κ2) is 7.56. The predicted molar refractivity (Wildman–Crippen MR) is 96.8 cm³/mol. The standard InChI is InChI=1S/C20H15F6N3O2/c21-19(22,23)12-3-1-2-11(8-12)16-5-4-13(31-16)9-29-7-6-15-14(10-29)17(30)28-18(27-15)20(24,25)26/h1-5,8H,6-7,9-10H2,(H,27,28,30). The molecule has 1 aromatic carbocycles. The minimum Gasteiger partial charge on any atom is -0.460 e. The number of nitrogens with zero attached hydrogens (tertiary/aromatic N) is 2. The first-order valence-corrected chi connectivity index (χ1v) is 9.18. The summed E-state index contributed by atoms with van der Waals surface area (Å²) in [4.78, 5) is 19.2. The van der Waals surface area contributed by atoms with Crippen LogP contribution in [-0.2, 0) is 31.9 Å². The Balaban J connectivity index is 1.50. The number of furan rings is 1. The summed E-state index contributed by atoms with van der Waals surface area (Å²) >= 11 is 0. The maximum Gasteiger partial charge on any atom is 0.449 e. The van der Waals surface area contributed by atoms with E-state index >= 15 is 0 Å². The summed E-state index contributed by atoms with van der Waals surface area (Å²) in [6, 6.07) is 7.90. The number of aromatic amines is 1. The molecule has 0 fully saturated rings. The van der Waals surface area contributed by atoms with E-state index in [4.69, 9.17) is 4.42 Å². The van der Waals surface area contributed by atoms with Crippen LogP contribution in [0.15, 0.2) is 45.6 Å². The summed E-state index contributed by atoms with van der Waals surface area (Å²) in [6.07, 6.45) is -9.05. The number of benzene rings is 1. The first-order chi connectivity index (χ1) is 14.5. The maximum atomic E-state index is 12.9. The highest BCUT2D eigenvalue weighted by Crippen LogP contribution is 2.33. The fourth-order valence-corrected chi connectivity index (χ4v) is 3.44. The van der Waals surface area contributed by atoms with E-state index in [9.17, 15) is 31.1 Å². The normalized spacial score (nSPS) is 15.2. The summed E-state index contributed by atoms with van der Waals surface area (Å²) in [5.74, 6) is -0.610. The molecule has 1 aliphatic rings. The molecule has 164 valence electrons. The van der Waals surface area contributed by atoms with Gasteiger partial charge in [0.2, 0.25) is 5.82 Å². The van der Waals surface area contributed by atoms with E-state index in [2.05, 4.69) is 4.98 Å². The van der Waals surface area contributed by atoms with Gasteiger partial charge in [-0.15, -0.1) is 0 Å². The smallest absolute Gasteiger partial charge is 0.449 e. The molecule has 0 atom stereocenters. The zero-order valence-electron chi connectivity index (χ0n) is 15.8. The van der Waals surface area contributed by atoms with Crippen molar-refractivity contribution in [2.75, 3.05) is 6.54 Å². The van der Waals surface area contributed by atoms with Gasteiger partial charge in [0.1, 0.15) is 11.5 Å². The number of nitrogens with one attached hydrogen (secondary N) is 1. The molecule has 3 heterocycles. The number of H-pyrrole nitrogens is 1. The number of hydrogen-bond acceptors (Lipinski definition) is 4. The van der Waals surface area contributed by atoms with Gasteiger partial charge in [-0.3, -0.25) is 9.69 Å². The molecule has 0 saturated carbocycles. The fourth-order valence-electron chi connectivity index (χ4n) is 3.44. The van der Waals surface area contributed by atoms with Crippen molar-refractivity contribution in [3.8, 4) is 11.3 Å². The molecule has 1 N–H and O–H groups in total. The molecule has 3 aromatic rings. The van der Waals surface area contributed by atoms with Gasteiger partial charge in [-0.25, -0.2) is 4.98 Å². The summed E-state index contributed by atoms with van der Waals surface area (Å²) in [5.41, 5.74) is -1.10. The quantitative estimate of drug-likeness (QED) is 0.600. The third-order valence-corrected chi connectivity index (χ3v) is 4.93. The van der Waals surface area contributed by atoms with Crippen LogP contribution in [0.1, 0.15) is 28.4 Å². The lowest BCUT2D eigenvalue weighted by Gasteiger charge is -2.27. The van der Waals surface area contributed by atoms with Gasteiger partial charge in [0, 0.05) is 25.1 Å². The van der Waals surface area contributed by atoms with Crippen molar-refractivity contribution >= 4 is 0 Å². The van der Waals surface area contributed by atoms with E-state index in [0.29, 0.717) is 12.3 Å². The first-order valence-electron chi connectivity index (χ1n) is 9.18. The van der Waals surface area contributed by atoms with Gasteiger partial charge in [0.05, 0.1) is 23.4 Å². The molecule has 0 saturated heterocycles. The van der Waals surface area contributed by atoms with Crippen LogP contribution in [0.25, 0.3) is 11.3 Å². The molecule has 0 radical (unpaired) electrons. The maximum absolute atomic E-state index is 12.9. The average Bonchev–Trinajstić information content (AvgIpc) is 3.15. The topological polar surface area (TPSA) is 62.1 Å². The highest BCUT2D eigenvalue weighted by molar-refractivity contribution is 5.58. The van der Waals surface area contributed by atoms with Gasteiger partial charge in [0.25, 0.3) is 5.56 Å². The second-order valence-corrected chi connectivity index (χ2v) is 7.14. The van der Waals surface area contributed by atoms with Crippen LogP contribution in [0.4, 0.5) is 26.3 Å². The van der Waals surface area contributed by atoms with E-state index < -0.39 is 29.3 Å². The van der Waals surface area contributed by atoms with Crippen LogP contribution >= 0.6 is 0 Å². The fraction of sp³-hybridized carbons (Fsp3) is 0.300. The lowest BCUT2D eigenvalue weighted by atomic mass is 10.1. The number of rotatable bonds is 3. The highest BCUT2D eigenvalue weighted by Gasteiger charge is 2.36. The second-order valence-electron chi connectivity index (χ2n) is 7.14. The van der Waals surface area contributed by atoms with E-state index in [1.165, 1.54) is 12.1 Å². The molecule has 0 bridgehead atoms. The molecular formula is C20H15F6N3O2. The van der Waals surface area contributed by atoms with Gasteiger partial charge >= 0.3 is 12.4 Å². The Morgan fingerprint density at radius 2 is 1.84 bits per heavy atom. The molecule has 31 heavy (non-hydrogen) atoms. The zero-order valence-corrected chi connectivity index (χ0v) is 15.8. The van der Waals surface area contributed by atoms with Gasteiger partial charge in [-0.05, 0) is 24.3 Å². The molecule has 2 aromatic heterocycles. The van der Waals surface area contributed by atoms with Crippen molar-refractivity contribution in [2.24, 2.45) is 0 Å². The number of fused-ring (bicyclic) bond motifs is 1. The van der Waals surface area contributed by atoms with Gasteiger partial charge in [0.15, 0.2) is 0 Å². The monoisotopic (exact) mass is 443 g/mol. The zero-order chi connectivity index (χ0) is 22.4. The van der Waals surface area contributed by atoms with Crippen molar-refractivity contribution < 1.29 is 30.8 Å². The third-order valence-electron chi connectivity index (χ3n) is 4.93. The van der Waals surface area contributed by atoms with Crippen LogP contribution in [0.3, 0.4) is 0 Å². The lowest BCUT2D eigenvalue weighted by Crippen LogP contribution is -2.36. The van der Waals surface area contributed by atoms with Crippen molar-refractivity contribution in [2.45, 2.75) is 31.9 Å². The Morgan fingerprint density at radius 1 is 1.06 bits per heavy atom. The van der Waals surface area contributed by atoms with Gasteiger partial charge < -0.3 is 9.40 Å².